The number of carbonyl (C=O) groups is 1. The van der Waals surface area contributed by atoms with E-state index in [1.807, 2.05) is 18.2 Å². The van der Waals surface area contributed by atoms with Crippen LogP contribution in [0.25, 0.3) is 0 Å². The maximum atomic E-state index is 11.9. The van der Waals surface area contributed by atoms with Crippen LogP contribution >= 0.6 is 0 Å². The fraction of sp³-hybridized carbons (Fsp3) is 0.588. The molecule has 1 saturated carbocycles. The highest BCUT2D eigenvalue weighted by molar-refractivity contribution is 5.77. The summed E-state index contributed by atoms with van der Waals surface area (Å²) in [5, 5.41) is 3.10. The monoisotopic (exact) mass is 275 g/mol. The van der Waals surface area contributed by atoms with Gasteiger partial charge in [-0.3, -0.25) is 4.79 Å². The average Bonchev–Trinajstić information content (AvgIpc) is 2.48. The zero-order valence-corrected chi connectivity index (χ0v) is 12.5. The van der Waals surface area contributed by atoms with Gasteiger partial charge in [0.25, 0.3) is 5.91 Å². The number of hydrogen-bond acceptors (Lipinski definition) is 2. The number of rotatable bonds is 5. The van der Waals surface area contributed by atoms with Crippen LogP contribution in [0.2, 0.25) is 0 Å². The number of aryl methyl sites for hydroxylation is 1. The van der Waals surface area contributed by atoms with Crippen molar-refractivity contribution in [3.05, 3.63) is 29.8 Å². The predicted molar refractivity (Wildman–Crippen MR) is 80.9 cm³/mol. The third kappa shape index (κ3) is 4.26. The Morgan fingerprint density at radius 2 is 2.15 bits per heavy atom. The molecule has 1 aliphatic rings. The van der Waals surface area contributed by atoms with Crippen molar-refractivity contribution in [1.29, 1.82) is 0 Å². The molecule has 2 rings (SSSR count). The first kappa shape index (κ1) is 14.9. The Morgan fingerprint density at radius 1 is 1.35 bits per heavy atom. The zero-order chi connectivity index (χ0) is 14.4. The van der Waals surface area contributed by atoms with Crippen molar-refractivity contribution in [2.24, 2.45) is 5.92 Å². The second-order valence-corrected chi connectivity index (χ2v) is 5.73. The smallest absolute Gasteiger partial charge is 0.258 e. The Labute approximate surface area is 121 Å². The standard InChI is InChI=1S/C17H25NO2/c1-3-14-8-6-9-15(11-14)20-12-17(19)18-16-10-5-4-7-13(16)2/h6,8-9,11,13,16H,3-5,7,10,12H2,1-2H3,(H,18,19). The average molecular weight is 275 g/mol. The van der Waals surface area contributed by atoms with Gasteiger partial charge in [0, 0.05) is 6.04 Å². The Kier molecular flexibility index (Phi) is 5.45. The number of hydrogen-bond donors (Lipinski definition) is 1. The summed E-state index contributed by atoms with van der Waals surface area (Å²) in [5.41, 5.74) is 1.23. The summed E-state index contributed by atoms with van der Waals surface area (Å²) in [7, 11) is 0. The quantitative estimate of drug-likeness (QED) is 0.895. The maximum Gasteiger partial charge on any atom is 0.258 e. The molecule has 0 radical (unpaired) electrons. The van der Waals surface area contributed by atoms with Crippen LogP contribution < -0.4 is 10.1 Å². The van der Waals surface area contributed by atoms with Gasteiger partial charge in [-0.15, -0.1) is 0 Å². The minimum absolute atomic E-state index is 0.00866. The van der Waals surface area contributed by atoms with Crippen LogP contribution in [0.4, 0.5) is 0 Å². The molecule has 0 aromatic heterocycles. The van der Waals surface area contributed by atoms with Gasteiger partial charge in [-0.25, -0.2) is 0 Å². The number of ether oxygens (including phenoxy) is 1. The lowest BCUT2D eigenvalue weighted by Crippen LogP contribution is -2.43. The van der Waals surface area contributed by atoms with E-state index in [1.54, 1.807) is 0 Å². The van der Waals surface area contributed by atoms with E-state index in [-0.39, 0.29) is 12.5 Å². The molecule has 0 saturated heterocycles. The Hall–Kier alpha value is -1.51. The van der Waals surface area contributed by atoms with Gasteiger partial charge in [-0.2, -0.15) is 0 Å². The molecule has 2 atom stereocenters. The van der Waals surface area contributed by atoms with Crippen molar-refractivity contribution < 1.29 is 9.53 Å². The van der Waals surface area contributed by atoms with Gasteiger partial charge >= 0.3 is 0 Å². The summed E-state index contributed by atoms with van der Waals surface area (Å²) in [6, 6.07) is 8.25. The molecule has 1 aromatic carbocycles. The first-order valence-corrected chi connectivity index (χ1v) is 7.70. The molecular weight excluding hydrogens is 250 g/mol. The highest BCUT2D eigenvalue weighted by atomic mass is 16.5. The summed E-state index contributed by atoms with van der Waals surface area (Å²) in [6.45, 7) is 4.43. The van der Waals surface area contributed by atoms with Crippen LogP contribution in [0.3, 0.4) is 0 Å². The van der Waals surface area contributed by atoms with Gasteiger partial charge < -0.3 is 10.1 Å². The van der Waals surface area contributed by atoms with E-state index >= 15 is 0 Å². The summed E-state index contributed by atoms with van der Waals surface area (Å²) in [4.78, 5) is 11.9. The molecule has 1 aliphatic carbocycles. The molecule has 20 heavy (non-hydrogen) atoms. The van der Waals surface area contributed by atoms with Crippen LogP contribution in [0, 0.1) is 5.92 Å². The largest absolute Gasteiger partial charge is 0.484 e. The molecule has 0 bridgehead atoms. The highest BCUT2D eigenvalue weighted by Gasteiger charge is 2.22. The van der Waals surface area contributed by atoms with E-state index in [9.17, 15) is 4.79 Å². The van der Waals surface area contributed by atoms with Crippen LogP contribution in [0.15, 0.2) is 24.3 Å². The second-order valence-electron chi connectivity index (χ2n) is 5.73. The van der Waals surface area contributed by atoms with E-state index in [2.05, 4.69) is 25.2 Å². The van der Waals surface area contributed by atoms with Crippen LogP contribution in [0.5, 0.6) is 5.75 Å². The van der Waals surface area contributed by atoms with Crippen LogP contribution in [-0.4, -0.2) is 18.6 Å². The zero-order valence-electron chi connectivity index (χ0n) is 12.5. The molecule has 0 heterocycles. The van der Waals surface area contributed by atoms with Crippen molar-refractivity contribution >= 4 is 5.91 Å². The molecule has 110 valence electrons. The SMILES string of the molecule is CCc1cccc(OCC(=O)NC2CCCCC2C)c1. The lowest BCUT2D eigenvalue weighted by atomic mass is 9.86. The van der Waals surface area contributed by atoms with Crippen molar-refractivity contribution in [3.8, 4) is 5.75 Å². The van der Waals surface area contributed by atoms with Gasteiger partial charge in [-0.05, 0) is 42.9 Å². The molecule has 3 heteroatoms. The normalized spacial score (nSPS) is 22.3. The van der Waals surface area contributed by atoms with Gasteiger partial charge in [0.1, 0.15) is 5.75 Å². The van der Waals surface area contributed by atoms with Crippen LogP contribution in [0.1, 0.15) is 45.1 Å². The van der Waals surface area contributed by atoms with E-state index in [1.165, 1.54) is 24.8 Å². The van der Waals surface area contributed by atoms with E-state index in [4.69, 9.17) is 4.74 Å². The minimum atomic E-state index is -0.00866. The number of benzene rings is 1. The third-order valence-electron chi connectivity index (χ3n) is 4.13. The number of amides is 1. The minimum Gasteiger partial charge on any atom is -0.484 e. The Bertz CT molecular complexity index is 444. The number of carbonyl (C=O) groups excluding carboxylic acids is 1. The van der Waals surface area contributed by atoms with Crippen molar-refractivity contribution in [1.82, 2.24) is 5.32 Å². The van der Waals surface area contributed by atoms with Crippen molar-refractivity contribution in [2.45, 2.75) is 52.0 Å². The lowest BCUT2D eigenvalue weighted by Gasteiger charge is -2.29. The third-order valence-corrected chi connectivity index (χ3v) is 4.13. The molecule has 1 aromatic rings. The molecule has 1 N–H and O–H groups in total. The molecule has 0 aliphatic heterocycles. The van der Waals surface area contributed by atoms with Crippen LogP contribution in [-0.2, 0) is 11.2 Å². The topological polar surface area (TPSA) is 38.3 Å². The highest BCUT2D eigenvalue weighted by Crippen LogP contribution is 2.23. The summed E-state index contributed by atoms with van der Waals surface area (Å²) in [6.07, 6.45) is 5.79. The molecule has 3 nitrogen and oxygen atoms in total. The predicted octanol–water partition coefficient (Wildman–Crippen LogP) is 3.32. The molecule has 1 amide bonds. The Morgan fingerprint density at radius 3 is 2.90 bits per heavy atom. The van der Waals surface area contributed by atoms with Gasteiger partial charge in [0.15, 0.2) is 6.61 Å². The van der Waals surface area contributed by atoms with E-state index < -0.39 is 0 Å². The fourth-order valence-corrected chi connectivity index (χ4v) is 2.78. The Balaban J connectivity index is 1.79. The summed E-state index contributed by atoms with van der Waals surface area (Å²) < 4.78 is 5.58. The lowest BCUT2D eigenvalue weighted by molar-refractivity contribution is -0.124. The molecule has 2 unspecified atom stereocenters. The van der Waals surface area contributed by atoms with Gasteiger partial charge in [-0.1, -0.05) is 38.8 Å². The second kappa shape index (κ2) is 7.32. The molecule has 1 fully saturated rings. The first-order chi connectivity index (χ1) is 9.69. The van der Waals surface area contributed by atoms with Gasteiger partial charge in [0.2, 0.25) is 0 Å². The number of nitrogens with one attached hydrogen (secondary N) is 1. The van der Waals surface area contributed by atoms with Gasteiger partial charge in [0.05, 0.1) is 0 Å². The van der Waals surface area contributed by atoms with Crippen molar-refractivity contribution in [3.63, 3.8) is 0 Å². The first-order valence-electron chi connectivity index (χ1n) is 7.70. The summed E-state index contributed by atoms with van der Waals surface area (Å²) in [5.74, 6) is 1.35. The van der Waals surface area contributed by atoms with E-state index in [0.717, 1.165) is 18.6 Å². The maximum absolute atomic E-state index is 11.9. The summed E-state index contributed by atoms with van der Waals surface area (Å²) >= 11 is 0. The fourth-order valence-electron chi connectivity index (χ4n) is 2.78. The molecule has 0 spiro atoms. The molecular formula is C17H25NO2. The van der Waals surface area contributed by atoms with Crippen molar-refractivity contribution in [2.75, 3.05) is 6.61 Å². The van der Waals surface area contributed by atoms with E-state index in [0.29, 0.717) is 12.0 Å².